The van der Waals surface area contributed by atoms with Crippen molar-refractivity contribution in [2.24, 2.45) is 17.8 Å². The summed E-state index contributed by atoms with van der Waals surface area (Å²) in [5, 5.41) is 13.3. The summed E-state index contributed by atoms with van der Waals surface area (Å²) in [4.78, 5) is 64.0. The number of fused-ring (bicyclic) bond motifs is 5. The third-order valence-electron chi connectivity index (χ3n) is 12.9. The second kappa shape index (κ2) is 15.4. The van der Waals surface area contributed by atoms with Crippen molar-refractivity contribution in [3.63, 3.8) is 0 Å². The monoisotopic (exact) mass is 844 g/mol. The lowest BCUT2D eigenvalue weighted by Crippen LogP contribution is -2.64. The van der Waals surface area contributed by atoms with E-state index in [0.29, 0.717) is 61.8 Å². The van der Waals surface area contributed by atoms with Gasteiger partial charge >= 0.3 is 12.1 Å². The molecule has 3 fully saturated rings. The highest BCUT2D eigenvalue weighted by molar-refractivity contribution is 7.91. The predicted molar refractivity (Wildman–Crippen MR) is 214 cm³/mol. The predicted octanol–water partition coefficient (Wildman–Crippen LogP) is 5.04. The van der Waals surface area contributed by atoms with Crippen LogP contribution in [0, 0.1) is 17.8 Å². The standard InChI is InChI=1S/C41H54F2N6O9S/c1-7-25(4)48(38(53)54)32-24(3)20-23(2)10-8-9-11-26-21-40(26,37(52)46-59(55,56)27-12-13-27)45-34(50)31-22-39(5,41(42,43)49(31)36(32)51)58-35-29-14-15-30-33(28(29)16-17-44-35)57-19-18-47(30)6/h9,11,14-17,23-27,31-32H,7-8,10,12-13,18-22H2,1-6H3,(H,45,50)(H,46,52)(H,53,54)/b11-9-/t23-,24+,25?,26+,31-,32-,39+,40+/m0/s1. The first-order valence-corrected chi connectivity index (χ1v) is 22.0. The van der Waals surface area contributed by atoms with E-state index >= 15 is 13.6 Å². The lowest BCUT2D eigenvalue weighted by atomic mass is 9.86. The lowest BCUT2D eigenvalue weighted by molar-refractivity contribution is -0.219. The van der Waals surface area contributed by atoms with Crippen LogP contribution in [0.25, 0.3) is 10.8 Å². The Morgan fingerprint density at radius 1 is 1.15 bits per heavy atom. The van der Waals surface area contributed by atoms with Gasteiger partial charge in [-0.3, -0.25) is 28.9 Å². The smallest absolute Gasteiger partial charge is 0.408 e. The molecule has 18 heteroatoms. The van der Waals surface area contributed by atoms with Crippen LogP contribution in [0.5, 0.6) is 11.6 Å². The van der Waals surface area contributed by atoms with Gasteiger partial charge in [-0.2, -0.15) is 8.78 Å². The van der Waals surface area contributed by atoms with Gasteiger partial charge in [0.1, 0.15) is 24.2 Å². The molecule has 8 atom stereocenters. The number of aromatic nitrogens is 1. The Labute approximate surface area is 342 Å². The topological polar surface area (TPSA) is 188 Å². The van der Waals surface area contributed by atoms with Crippen LogP contribution in [0.1, 0.15) is 86.0 Å². The number of rotatable bonds is 8. The summed E-state index contributed by atoms with van der Waals surface area (Å²) in [5.74, 6) is -4.66. The highest BCUT2D eigenvalue weighted by Crippen LogP contribution is 2.51. The number of likely N-dealkylation sites (N-methyl/N-ethyl adjacent to an activating group) is 1. The van der Waals surface area contributed by atoms with Gasteiger partial charge in [-0.25, -0.2) is 18.2 Å². The van der Waals surface area contributed by atoms with Crippen LogP contribution >= 0.6 is 0 Å². The van der Waals surface area contributed by atoms with Crippen LogP contribution in [0.4, 0.5) is 19.3 Å². The van der Waals surface area contributed by atoms with Crippen LogP contribution in [0.3, 0.4) is 0 Å². The molecular weight excluding hydrogens is 791 g/mol. The minimum Gasteiger partial charge on any atom is -0.489 e. The molecule has 4 amide bonds. The first-order valence-electron chi connectivity index (χ1n) is 20.5. The molecule has 2 aromatic rings. The number of halogens is 2. The first-order chi connectivity index (χ1) is 27.8. The molecule has 7 rings (SSSR count). The van der Waals surface area contributed by atoms with E-state index in [2.05, 4.69) is 15.0 Å². The average molecular weight is 845 g/mol. The molecule has 4 heterocycles. The van der Waals surface area contributed by atoms with E-state index in [1.54, 1.807) is 45.0 Å². The minimum atomic E-state index is -4.27. The number of sulfonamides is 1. The number of carbonyl (C=O) groups excluding carboxylic acids is 3. The maximum atomic E-state index is 17.7. The summed E-state index contributed by atoms with van der Waals surface area (Å²) in [6, 6.07) is -3.57. The molecule has 0 radical (unpaired) electrons. The Bertz CT molecular complexity index is 2170. The highest BCUT2D eigenvalue weighted by Gasteiger charge is 2.71. The quantitative estimate of drug-likeness (QED) is 0.239. The Morgan fingerprint density at radius 3 is 2.56 bits per heavy atom. The number of allylic oxidation sites excluding steroid dienone is 1. The number of amides is 4. The third kappa shape index (κ3) is 7.54. The zero-order valence-corrected chi connectivity index (χ0v) is 35.1. The second-order valence-corrected chi connectivity index (χ2v) is 19.3. The zero-order chi connectivity index (χ0) is 42.8. The maximum absolute atomic E-state index is 17.7. The van der Waals surface area contributed by atoms with Gasteiger partial charge in [-0.05, 0) is 88.8 Å². The van der Waals surface area contributed by atoms with Crippen LogP contribution < -0.4 is 24.4 Å². The Morgan fingerprint density at radius 2 is 1.88 bits per heavy atom. The number of benzene rings is 1. The Balaban J connectivity index is 1.34. The van der Waals surface area contributed by atoms with Gasteiger partial charge in [0.2, 0.25) is 21.8 Å². The van der Waals surface area contributed by atoms with E-state index in [9.17, 15) is 27.9 Å². The fourth-order valence-electron chi connectivity index (χ4n) is 9.03. The van der Waals surface area contributed by atoms with Gasteiger partial charge in [0.15, 0.2) is 11.4 Å². The summed E-state index contributed by atoms with van der Waals surface area (Å²) in [5.41, 5.74) is -3.67. The third-order valence-corrected chi connectivity index (χ3v) is 14.7. The molecule has 0 bridgehead atoms. The number of ether oxygens (including phenoxy) is 2. The molecule has 322 valence electrons. The molecular formula is C41H54F2N6O9S. The summed E-state index contributed by atoms with van der Waals surface area (Å²) >= 11 is 0. The molecule has 15 nitrogen and oxygen atoms in total. The highest BCUT2D eigenvalue weighted by atomic mass is 32.2. The molecule has 2 aliphatic carbocycles. The number of anilines is 1. The lowest BCUT2D eigenvalue weighted by Gasteiger charge is -2.42. The number of carbonyl (C=O) groups is 4. The summed E-state index contributed by atoms with van der Waals surface area (Å²) < 4.78 is 75.6. The van der Waals surface area contributed by atoms with Gasteiger partial charge in [-0.15, -0.1) is 0 Å². The summed E-state index contributed by atoms with van der Waals surface area (Å²) in [6.45, 7) is 8.98. The minimum absolute atomic E-state index is 0.0103. The second-order valence-electron chi connectivity index (χ2n) is 17.4. The number of nitrogens with one attached hydrogen (secondary N) is 2. The molecule has 1 unspecified atom stereocenters. The molecule has 3 aliphatic heterocycles. The van der Waals surface area contributed by atoms with Crippen molar-refractivity contribution in [2.75, 3.05) is 25.1 Å². The van der Waals surface area contributed by atoms with E-state index in [1.807, 2.05) is 24.9 Å². The number of pyridine rings is 1. The van der Waals surface area contributed by atoms with E-state index in [1.165, 1.54) is 6.20 Å². The molecule has 3 N–H and O–H groups in total. The van der Waals surface area contributed by atoms with E-state index in [-0.39, 0.29) is 29.5 Å². The fraction of sp³-hybridized carbons (Fsp3) is 0.634. The largest absolute Gasteiger partial charge is 0.489 e. The van der Waals surface area contributed by atoms with Crippen molar-refractivity contribution in [3.05, 3.63) is 36.5 Å². The molecule has 5 aliphatic rings. The maximum Gasteiger partial charge on any atom is 0.408 e. The van der Waals surface area contributed by atoms with E-state index in [4.69, 9.17) is 9.47 Å². The van der Waals surface area contributed by atoms with Gasteiger partial charge in [0.05, 0.1) is 17.5 Å². The molecule has 1 saturated heterocycles. The van der Waals surface area contributed by atoms with Crippen molar-refractivity contribution in [2.45, 2.75) is 127 Å². The Hall–Kier alpha value is -4.74. The normalized spacial score (nSPS) is 31.9. The van der Waals surface area contributed by atoms with E-state index < -0.39 is 92.7 Å². The molecule has 2 saturated carbocycles. The number of hydrogen-bond acceptors (Lipinski definition) is 10. The van der Waals surface area contributed by atoms with Gasteiger partial charge in [-0.1, -0.05) is 32.9 Å². The fourth-order valence-corrected chi connectivity index (χ4v) is 10.4. The van der Waals surface area contributed by atoms with Crippen molar-refractivity contribution < 1.29 is 51.0 Å². The van der Waals surface area contributed by atoms with E-state index in [0.717, 1.165) is 17.5 Å². The van der Waals surface area contributed by atoms with Crippen molar-refractivity contribution in [1.82, 2.24) is 24.8 Å². The zero-order valence-electron chi connectivity index (χ0n) is 34.2. The van der Waals surface area contributed by atoms with Crippen LogP contribution in [-0.2, 0) is 24.4 Å². The van der Waals surface area contributed by atoms with Gasteiger partial charge in [0, 0.05) is 42.4 Å². The number of nitrogens with zero attached hydrogens (tertiary/aromatic N) is 4. The van der Waals surface area contributed by atoms with Gasteiger partial charge in [0.25, 0.3) is 11.8 Å². The van der Waals surface area contributed by atoms with Crippen molar-refractivity contribution in [1.29, 1.82) is 0 Å². The number of carboxylic acid groups (broad SMARTS) is 1. The number of hydrogen-bond donors (Lipinski definition) is 3. The first kappa shape index (κ1) is 42.4. The number of alkyl halides is 2. The SMILES string of the molecule is CCC(C)N(C(=O)O)[C@@H]1C(=O)N2[C@@H](C[C@@](C)(Oc3nccc4c5c(ccc34)N(C)CCO5)C2(F)F)C(=O)N[C@]2(C(=O)NS(=O)(=O)C3CC3)C[C@H]2/C=C\CC[C@H](C)C[C@H]1C. The van der Waals surface area contributed by atoms with Crippen LogP contribution in [0.15, 0.2) is 36.5 Å². The van der Waals surface area contributed by atoms with Crippen LogP contribution in [0.2, 0.25) is 0 Å². The van der Waals surface area contributed by atoms with Crippen LogP contribution in [-0.4, -0.2) is 113 Å². The Kier molecular flexibility index (Phi) is 11.0. The summed E-state index contributed by atoms with van der Waals surface area (Å²) in [6.07, 6.45) is 5.08. The van der Waals surface area contributed by atoms with Crippen molar-refractivity contribution >= 4 is 50.3 Å². The summed E-state index contributed by atoms with van der Waals surface area (Å²) in [7, 11) is -2.16. The molecule has 59 heavy (non-hydrogen) atoms. The average Bonchev–Trinajstić information content (AvgIpc) is 4.10. The molecule has 0 spiro atoms. The van der Waals surface area contributed by atoms with Crippen molar-refractivity contribution in [3.8, 4) is 11.6 Å². The molecule has 1 aromatic carbocycles. The molecule has 1 aromatic heterocycles. The van der Waals surface area contributed by atoms with Gasteiger partial charge < -0.3 is 24.8 Å².